The number of likely N-dealkylation sites (tertiary alicyclic amines) is 2. The molecule has 0 aliphatic carbocycles. The minimum atomic E-state index is -0.782. The van der Waals surface area contributed by atoms with Crippen molar-refractivity contribution in [2.24, 2.45) is 0 Å². The molecule has 128 valence electrons. The summed E-state index contributed by atoms with van der Waals surface area (Å²) in [4.78, 5) is 21.2. The molecule has 4 heterocycles. The van der Waals surface area contributed by atoms with E-state index in [0.29, 0.717) is 31.7 Å². The maximum absolute atomic E-state index is 12.8. The van der Waals surface area contributed by atoms with Gasteiger partial charge in [0.2, 0.25) is 0 Å². The van der Waals surface area contributed by atoms with Gasteiger partial charge in [0.25, 0.3) is 5.91 Å². The summed E-state index contributed by atoms with van der Waals surface area (Å²) in [5.41, 5.74) is 1.57. The minimum Gasteiger partial charge on any atom is -0.387 e. The van der Waals surface area contributed by atoms with E-state index in [9.17, 15) is 9.90 Å². The molecule has 2 aliphatic rings. The van der Waals surface area contributed by atoms with Crippen LogP contribution in [-0.2, 0) is 0 Å². The van der Waals surface area contributed by atoms with E-state index in [1.54, 1.807) is 11.1 Å². The number of carbonyl (C=O) groups excluding carboxylic acids is 1. The van der Waals surface area contributed by atoms with Gasteiger partial charge in [0.05, 0.1) is 12.1 Å². The number of aliphatic hydroxyl groups is 1. The zero-order chi connectivity index (χ0) is 16.7. The highest BCUT2D eigenvalue weighted by molar-refractivity contribution is 5.93. The van der Waals surface area contributed by atoms with Gasteiger partial charge < -0.3 is 19.3 Å². The highest BCUT2D eigenvalue weighted by Crippen LogP contribution is 2.25. The van der Waals surface area contributed by atoms with E-state index < -0.39 is 5.60 Å². The normalized spacial score (nSPS) is 25.0. The van der Waals surface area contributed by atoms with Crippen LogP contribution in [0.2, 0.25) is 0 Å². The molecule has 2 aromatic rings. The fraction of sp³-hybridized carbons (Fsp3) is 0.556. The lowest BCUT2D eigenvalue weighted by Gasteiger charge is -2.28. The number of carbonyl (C=O) groups is 1. The maximum atomic E-state index is 12.8. The number of fused-ring (bicyclic) bond motifs is 1. The first-order valence-corrected chi connectivity index (χ1v) is 8.72. The molecular weight excluding hydrogens is 304 g/mol. The number of hydrogen-bond acceptors (Lipinski definition) is 4. The van der Waals surface area contributed by atoms with E-state index in [1.165, 1.54) is 12.8 Å². The van der Waals surface area contributed by atoms with E-state index in [1.807, 2.05) is 29.7 Å². The molecule has 2 aromatic heterocycles. The highest BCUT2D eigenvalue weighted by atomic mass is 16.3. The molecule has 0 saturated carbocycles. The lowest BCUT2D eigenvalue weighted by Crippen LogP contribution is -2.45. The van der Waals surface area contributed by atoms with E-state index in [2.05, 4.69) is 9.88 Å². The SMILES string of the molecule is Cc1ccc2nc(C(=O)N3CC[C@@](O)(CN4CCCC4)C3)cn2c1. The number of β-amino-alcohol motifs (C(OH)–C–C–N with tert-alkyl or cyclic N) is 1. The smallest absolute Gasteiger partial charge is 0.274 e. The Bertz CT molecular complexity index is 765. The molecule has 0 unspecified atom stereocenters. The van der Waals surface area contributed by atoms with Crippen molar-refractivity contribution < 1.29 is 9.90 Å². The molecule has 4 rings (SSSR count). The topological polar surface area (TPSA) is 61.1 Å². The average molecular weight is 328 g/mol. The van der Waals surface area contributed by atoms with E-state index >= 15 is 0 Å². The first-order valence-electron chi connectivity index (χ1n) is 8.72. The van der Waals surface area contributed by atoms with Gasteiger partial charge in [0.15, 0.2) is 0 Å². The zero-order valence-electron chi connectivity index (χ0n) is 14.1. The molecule has 24 heavy (non-hydrogen) atoms. The quantitative estimate of drug-likeness (QED) is 0.923. The molecule has 6 nitrogen and oxygen atoms in total. The van der Waals surface area contributed by atoms with Crippen molar-refractivity contribution >= 4 is 11.6 Å². The summed E-state index contributed by atoms with van der Waals surface area (Å²) in [7, 11) is 0. The predicted molar refractivity (Wildman–Crippen MR) is 91.1 cm³/mol. The van der Waals surface area contributed by atoms with Crippen molar-refractivity contribution in [3.63, 3.8) is 0 Å². The molecule has 1 atom stereocenters. The van der Waals surface area contributed by atoms with Gasteiger partial charge in [-0.05, 0) is 50.9 Å². The summed E-state index contributed by atoms with van der Waals surface area (Å²) in [6.45, 7) is 5.79. The molecule has 6 heteroatoms. The van der Waals surface area contributed by atoms with Gasteiger partial charge in [0, 0.05) is 25.5 Å². The lowest BCUT2D eigenvalue weighted by molar-refractivity contribution is 0.0175. The van der Waals surface area contributed by atoms with E-state index in [-0.39, 0.29) is 5.91 Å². The van der Waals surface area contributed by atoms with E-state index in [0.717, 1.165) is 24.3 Å². The van der Waals surface area contributed by atoms with Crippen molar-refractivity contribution in [2.45, 2.75) is 31.8 Å². The summed E-state index contributed by atoms with van der Waals surface area (Å²) >= 11 is 0. The van der Waals surface area contributed by atoms with E-state index in [4.69, 9.17) is 0 Å². The molecular formula is C18H24N4O2. The third-order valence-electron chi connectivity index (χ3n) is 5.15. The Kier molecular flexibility index (Phi) is 3.81. The van der Waals surface area contributed by atoms with Gasteiger partial charge in [-0.2, -0.15) is 0 Å². The third kappa shape index (κ3) is 2.91. The molecule has 1 amide bonds. The monoisotopic (exact) mass is 328 g/mol. The number of aromatic nitrogens is 2. The van der Waals surface area contributed by atoms with Crippen LogP contribution in [0.5, 0.6) is 0 Å². The van der Waals surface area contributed by atoms with Gasteiger partial charge in [-0.15, -0.1) is 0 Å². The second-order valence-corrected chi connectivity index (χ2v) is 7.28. The molecule has 0 radical (unpaired) electrons. The van der Waals surface area contributed by atoms with Crippen molar-refractivity contribution in [2.75, 3.05) is 32.7 Å². The van der Waals surface area contributed by atoms with Gasteiger partial charge in [-0.1, -0.05) is 6.07 Å². The number of aryl methyl sites for hydroxylation is 1. The van der Waals surface area contributed by atoms with Crippen LogP contribution in [0, 0.1) is 6.92 Å². The number of nitrogens with zero attached hydrogens (tertiary/aromatic N) is 4. The molecule has 2 aliphatic heterocycles. The largest absolute Gasteiger partial charge is 0.387 e. The van der Waals surface area contributed by atoms with Gasteiger partial charge in [0.1, 0.15) is 11.3 Å². The van der Waals surface area contributed by atoms with Crippen LogP contribution in [0.15, 0.2) is 24.5 Å². The summed E-state index contributed by atoms with van der Waals surface area (Å²) in [5, 5.41) is 10.8. The van der Waals surface area contributed by atoms with Gasteiger partial charge >= 0.3 is 0 Å². The summed E-state index contributed by atoms with van der Waals surface area (Å²) in [5.74, 6) is -0.0892. The number of imidazole rings is 1. The lowest BCUT2D eigenvalue weighted by atomic mass is 10.0. The summed E-state index contributed by atoms with van der Waals surface area (Å²) < 4.78 is 1.88. The molecule has 0 bridgehead atoms. The molecule has 0 spiro atoms. The Morgan fingerprint density at radius 1 is 1.25 bits per heavy atom. The Hall–Kier alpha value is -1.92. The summed E-state index contributed by atoms with van der Waals surface area (Å²) in [6, 6.07) is 3.90. The Morgan fingerprint density at radius 2 is 2.04 bits per heavy atom. The second kappa shape index (κ2) is 5.86. The predicted octanol–water partition coefficient (Wildman–Crippen LogP) is 1.32. The Labute approximate surface area is 141 Å². The van der Waals surface area contributed by atoms with Crippen LogP contribution in [0.3, 0.4) is 0 Å². The number of pyridine rings is 1. The average Bonchev–Trinajstić information content (AvgIpc) is 3.26. The number of rotatable bonds is 3. The summed E-state index contributed by atoms with van der Waals surface area (Å²) in [6.07, 6.45) is 6.80. The third-order valence-corrected chi connectivity index (χ3v) is 5.15. The van der Waals surface area contributed by atoms with Crippen LogP contribution in [0.4, 0.5) is 0 Å². The van der Waals surface area contributed by atoms with Crippen molar-refractivity contribution in [3.8, 4) is 0 Å². The Balaban J connectivity index is 1.48. The molecule has 0 aromatic carbocycles. The fourth-order valence-corrected chi connectivity index (χ4v) is 3.88. The molecule has 2 saturated heterocycles. The Morgan fingerprint density at radius 3 is 2.83 bits per heavy atom. The first kappa shape index (κ1) is 15.6. The second-order valence-electron chi connectivity index (χ2n) is 7.28. The fourth-order valence-electron chi connectivity index (χ4n) is 3.88. The zero-order valence-corrected chi connectivity index (χ0v) is 14.1. The number of amides is 1. The van der Waals surface area contributed by atoms with Crippen LogP contribution in [0.1, 0.15) is 35.3 Å². The van der Waals surface area contributed by atoms with Crippen molar-refractivity contribution in [1.82, 2.24) is 19.2 Å². The van der Waals surface area contributed by atoms with Crippen LogP contribution >= 0.6 is 0 Å². The van der Waals surface area contributed by atoms with Crippen molar-refractivity contribution in [3.05, 3.63) is 35.8 Å². The van der Waals surface area contributed by atoms with Crippen LogP contribution < -0.4 is 0 Å². The number of hydrogen-bond donors (Lipinski definition) is 1. The van der Waals surface area contributed by atoms with Gasteiger partial charge in [-0.25, -0.2) is 4.98 Å². The van der Waals surface area contributed by atoms with Crippen LogP contribution in [0.25, 0.3) is 5.65 Å². The van der Waals surface area contributed by atoms with Crippen LogP contribution in [-0.4, -0.2) is 68.5 Å². The van der Waals surface area contributed by atoms with Gasteiger partial charge in [-0.3, -0.25) is 4.79 Å². The molecule has 2 fully saturated rings. The standard InChI is InChI=1S/C18H24N4O2/c1-14-4-5-16-19-15(11-22(16)10-14)17(23)21-9-6-18(24,13-21)12-20-7-2-3-8-20/h4-5,10-11,24H,2-3,6-9,12-13H2,1H3/t18-/m1/s1. The first-order chi connectivity index (χ1) is 11.5. The molecule has 1 N–H and O–H groups in total. The maximum Gasteiger partial charge on any atom is 0.274 e. The van der Waals surface area contributed by atoms with Crippen molar-refractivity contribution in [1.29, 1.82) is 0 Å². The minimum absolute atomic E-state index is 0.0892. The highest BCUT2D eigenvalue weighted by Gasteiger charge is 2.40.